The number of ether oxygens (including phenoxy) is 1. The molecule has 1 N–H and O–H groups in total. The van der Waals surface area contributed by atoms with Gasteiger partial charge in [-0.3, -0.25) is 10.2 Å². The van der Waals surface area contributed by atoms with Gasteiger partial charge in [-0.1, -0.05) is 12.1 Å². The van der Waals surface area contributed by atoms with Gasteiger partial charge < -0.3 is 9.64 Å². The molecular weight excluding hydrogens is 391 g/mol. The van der Waals surface area contributed by atoms with Crippen LogP contribution in [-0.4, -0.2) is 47.3 Å². The first-order valence-electron chi connectivity index (χ1n) is 8.93. The Morgan fingerprint density at radius 2 is 2.04 bits per heavy atom. The first-order valence-corrected chi connectivity index (χ1v) is 9.81. The Morgan fingerprint density at radius 3 is 2.68 bits per heavy atom. The Balaban J connectivity index is 1.50. The molecule has 0 spiro atoms. The maximum Gasteiger partial charge on any atom is 0.416 e. The lowest BCUT2D eigenvalue weighted by Crippen LogP contribution is -2.34. The summed E-state index contributed by atoms with van der Waals surface area (Å²) in [6, 6.07) is 4.77. The van der Waals surface area contributed by atoms with Gasteiger partial charge in [0.25, 0.3) is 0 Å². The van der Waals surface area contributed by atoms with Crippen LogP contribution >= 0.6 is 11.3 Å². The van der Waals surface area contributed by atoms with Gasteiger partial charge in [0, 0.05) is 24.1 Å². The molecule has 28 heavy (non-hydrogen) atoms. The Labute approximate surface area is 163 Å². The Morgan fingerprint density at radius 1 is 1.29 bits per heavy atom. The molecule has 2 aromatic rings. The lowest BCUT2D eigenvalue weighted by atomic mass is 10.1. The van der Waals surface area contributed by atoms with Crippen LogP contribution in [0.15, 0.2) is 29.6 Å². The van der Waals surface area contributed by atoms with Crippen molar-refractivity contribution in [3.63, 3.8) is 0 Å². The van der Waals surface area contributed by atoms with E-state index in [9.17, 15) is 18.0 Å². The van der Waals surface area contributed by atoms with Gasteiger partial charge in [0.15, 0.2) is 5.78 Å². The van der Waals surface area contributed by atoms with Crippen LogP contribution in [0.4, 0.5) is 13.2 Å². The van der Waals surface area contributed by atoms with E-state index in [1.807, 2.05) is 0 Å². The average molecular weight is 409 g/mol. The number of aromatic nitrogens is 1. The van der Waals surface area contributed by atoms with Crippen LogP contribution in [0.1, 0.15) is 29.3 Å². The molecule has 0 aliphatic carbocycles. The summed E-state index contributed by atoms with van der Waals surface area (Å²) < 4.78 is 43.7. The van der Waals surface area contributed by atoms with Gasteiger partial charge in [-0.05, 0) is 25.0 Å². The molecule has 2 atom stereocenters. The van der Waals surface area contributed by atoms with Crippen LogP contribution in [0.3, 0.4) is 0 Å². The van der Waals surface area contributed by atoms with Crippen LogP contribution in [0.5, 0.6) is 0 Å². The monoisotopic (exact) mass is 409 g/mol. The predicted octanol–water partition coefficient (Wildman–Crippen LogP) is 3.95. The van der Waals surface area contributed by atoms with Crippen molar-refractivity contribution in [3.8, 4) is 11.3 Å². The highest BCUT2D eigenvalue weighted by molar-refractivity contribution is 7.10. The van der Waals surface area contributed by atoms with E-state index in [1.165, 1.54) is 23.5 Å². The number of halogens is 3. The summed E-state index contributed by atoms with van der Waals surface area (Å²) in [7, 11) is 0. The van der Waals surface area contributed by atoms with Crippen molar-refractivity contribution in [3.05, 3.63) is 40.2 Å². The molecule has 4 rings (SSSR count). The molecule has 1 aromatic heterocycles. The molecule has 2 aliphatic rings. The van der Waals surface area contributed by atoms with Crippen molar-refractivity contribution in [2.24, 2.45) is 0 Å². The van der Waals surface area contributed by atoms with Gasteiger partial charge in [0.1, 0.15) is 16.8 Å². The second kappa shape index (κ2) is 7.29. The zero-order chi connectivity index (χ0) is 19.9. The quantitative estimate of drug-likeness (QED) is 0.830. The number of carbonyl (C=O) groups is 1. The molecule has 148 valence electrons. The molecule has 2 saturated heterocycles. The lowest BCUT2D eigenvalue weighted by molar-refractivity contribution is -0.137. The summed E-state index contributed by atoms with van der Waals surface area (Å²) in [5, 5.41) is 10.6. The number of nitrogens with zero attached hydrogens (tertiary/aromatic N) is 2. The fraction of sp³-hybridized carbons (Fsp3) is 0.421. The minimum atomic E-state index is -4.39. The Bertz CT molecular complexity index is 889. The van der Waals surface area contributed by atoms with E-state index < -0.39 is 17.7 Å². The van der Waals surface area contributed by atoms with Crippen LogP contribution in [0.25, 0.3) is 11.3 Å². The van der Waals surface area contributed by atoms with E-state index >= 15 is 0 Å². The standard InChI is InChI=1S/C19H18F3N3O2S/c20-19(21,22)12-5-3-11(4-6-12)14-10-28-18(24-14)16-15(26)9-25(17(16)23)8-13-2-1-7-27-13/h3-6,10,13,16,23H,1-2,7-9H2. The first kappa shape index (κ1) is 19.1. The molecule has 3 heterocycles. The summed E-state index contributed by atoms with van der Waals surface area (Å²) >= 11 is 1.25. The number of hydrogen-bond acceptors (Lipinski definition) is 5. The fourth-order valence-electron chi connectivity index (χ4n) is 3.53. The number of ketones is 1. The third-order valence-corrected chi connectivity index (χ3v) is 5.92. The molecule has 9 heteroatoms. The van der Waals surface area contributed by atoms with Crippen LogP contribution < -0.4 is 0 Å². The number of Topliss-reactive ketones (excluding diaryl/α,β-unsaturated/α-hetero) is 1. The molecule has 2 aliphatic heterocycles. The first-order chi connectivity index (χ1) is 13.3. The zero-order valence-corrected chi connectivity index (χ0v) is 15.6. The van der Waals surface area contributed by atoms with Crippen LogP contribution in [0, 0.1) is 5.41 Å². The largest absolute Gasteiger partial charge is 0.416 e. The summed E-state index contributed by atoms with van der Waals surface area (Å²) in [4.78, 5) is 18.7. The van der Waals surface area contributed by atoms with Gasteiger partial charge in [-0.15, -0.1) is 11.3 Å². The molecule has 2 fully saturated rings. The van der Waals surface area contributed by atoms with E-state index in [1.54, 1.807) is 10.3 Å². The fourth-order valence-corrected chi connectivity index (χ4v) is 4.49. The van der Waals surface area contributed by atoms with Crippen molar-refractivity contribution in [1.29, 1.82) is 5.41 Å². The number of nitrogens with one attached hydrogen (secondary N) is 1. The highest BCUT2D eigenvalue weighted by Crippen LogP contribution is 2.34. The summed E-state index contributed by atoms with van der Waals surface area (Å²) in [6.07, 6.45) is -2.42. The number of hydrogen-bond donors (Lipinski definition) is 1. The van der Waals surface area contributed by atoms with Crippen molar-refractivity contribution >= 4 is 23.0 Å². The lowest BCUT2D eigenvalue weighted by Gasteiger charge is -2.21. The molecule has 5 nitrogen and oxygen atoms in total. The van der Waals surface area contributed by atoms with E-state index in [0.717, 1.165) is 25.0 Å². The van der Waals surface area contributed by atoms with E-state index in [2.05, 4.69) is 4.98 Å². The number of benzene rings is 1. The highest BCUT2D eigenvalue weighted by atomic mass is 32.1. The van der Waals surface area contributed by atoms with Gasteiger partial charge in [-0.25, -0.2) is 4.98 Å². The number of carbonyl (C=O) groups excluding carboxylic acids is 1. The molecule has 0 bridgehead atoms. The number of rotatable bonds is 4. The third kappa shape index (κ3) is 3.68. The maximum absolute atomic E-state index is 12.7. The second-order valence-corrected chi connectivity index (χ2v) is 7.84. The van der Waals surface area contributed by atoms with E-state index in [4.69, 9.17) is 10.1 Å². The Hall–Kier alpha value is -2.26. The number of alkyl halides is 3. The summed E-state index contributed by atoms with van der Waals surface area (Å²) in [6.45, 7) is 1.41. The molecule has 1 aromatic carbocycles. The predicted molar refractivity (Wildman–Crippen MR) is 98.6 cm³/mol. The molecule has 0 amide bonds. The zero-order valence-electron chi connectivity index (χ0n) is 14.8. The minimum absolute atomic E-state index is 0.0471. The van der Waals surface area contributed by atoms with Gasteiger partial charge in [0.05, 0.1) is 23.9 Å². The third-order valence-electron chi connectivity index (χ3n) is 5.01. The van der Waals surface area contributed by atoms with Crippen LogP contribution in [0.2, 0.25) is 0 Å². The topological polar surface area (TPSA) is 66.3 Å². The smallest absolute Gasteiger partial charge is 0.376 e. The normalized spacial score (nSPS) is 23.0. The minimum Gasteiger partial charge on any atom is -0.376 e. The van der Waals surface area contributed by atoms with E-state index in [-0.39, 0.29) is 24.3 Å². The molecule has 0 radical (unpaired) electrons. The van der Waals surface area contributed by atoms with Crippen LogP contribution in [-0.2, 0) is 15.7 Å². The number of thiazole rings is 1. The second-order valence-electron chi connectivity index (χ2n) is 6.95. The Kier molecular flexibility index (Phi) is 4.96. The molecular formula is C19H18F3N3O2S. The highest BCUT2D eigenvalue weighted by Gasteiger charge is 2.40. The van der Waals surface area contributed by atoms with Gasteiger partial charge in [-0.2, -0.15) is 13.2 Å². The molecule has 2 unspecified atom stereocenters. The van der Waals surface area contributed by atoms with Crippen molar-refractivity contribution in [1.82, 2.24) is 9.88 Å². The summed E-state index contributed by atoms with van der Waals surface area (Å²) in [5.74, 6) is -0.584. The van der Waals surface area contributed by atoms with E-state index in [0.29, 0.717) is 29.4 Å². The maximum atomic E-state index is 12.7. The SMILES string of the molecule is N=C1C(c2nc(-c3ccc(C(F)(F)F)cc3)cs2)C(=O)CN1CC1CCCO1. The summed E-state index contributed by atoms with van der Waals surface area (Å²) in [5.41, 5.74) is 0.333. The van der Waals surface area contributed by atoms with Crippen molar-refractivity contribution in [2.45, 2.75) is 31.0 Å². The number of likely N-dealkylation sites (tertiary alicyclic amines) is 1. The van der Waals surface area contributed by atoms with Crippen molar-refractivity contribution < 1.29 is 22.7 Å². The van der Waals surface area contributed by atoms with Gasteiger partial charge in [0.2, 0.25) is 0 Å². The van der Waals surface area contributed by atoms with Gasteiger partial charge >= 0.3 is 6.18 Å². The van der Waals surface area contributed by atoms with Crippen molar-refractivity contribution in [2.75, 3.05) is 19.7 Å². The molecule has 0 saturated carbocycles. The number of amidine groups is 1. The average Bonchev–Trinajstić information content (AvgIpc) is 3.37.